The third-order valence-corrected chi connectivity index (χ3v) is 5.56. The van der Waals surface area contributed by atoms with E-state index in [9.17, 15) is 9.59 Å². The van der Waals surface area contributed by atoms with Crippen molar-refractivity contribution in [1.29, 1.82) is 0 Å². The molecule has 20 heavy (non-hydrogen) atoms. The van der Waals surface area contributed by atoms with E-state index in [4.69, 9.17) is 0 Å². The predicted octanol–water partition coefficient (Wildman–Crippen LogP) is 1.80. The van der Waals surface area contributed by atoms with Crippen molar-refractivity contribution in [3.63, 3.8) is 0 Å². The Balaban J connectivity index is 1.56. The van der Waals surface area contributed by atoms with Gasteiger partial charge in [0.15, 0.2) is 0 Å². The van der Waals surface area contributed by atoms with Crippen molar-refractivity contribution in [2.45, 2.75) is 45.4 Å². The summed E-state index contributed by atoms with van der Waals surface area (Å²) in [5, 5.41) is 3.40. The van der Waals surface area contributed by atoms with Crippen LogP contribution < -0.4 is 5.32 Å². The molecule has 1 N–H and O–H groups in total. The molecular weight excluding hydrogens is 252 g/mol. The van der Waals surface area contributed by atoms with Crippen LogP contribution in [0.5, 0.6) is 0 Å². The van der Waals surface area contributed by atoms with Gasteiger partial charge in [0.1, 0.15) is 0 Å². The quantitative estimate of drug-likeness (QED) is 0.798. The van der Waals surface area contributed by atoms with Gasteiger partial charge in [-0.3, -0.25) is 14.5 Å². The second-order valence-corrected chi connectivity index (χ2v) is 6.79. The Kier molecular flexibility index (Phi) is 4.11. The number of imide groups is 1. The first-order valence-corrected chi connectivity index (χ1v) is 8.26. The van der Waals surface area contributed by atoms with Crippen molar-refractivity contribution in [3.8, 4) is 0 Å². The second-order valence-electron chi connectivity index (χ2n) is 6.79. The zero-order chi connectivity index (χ0) is 14.1. The van der Waals surface area contributed by atoms with Gasteiger partial charge in [0, 0.05) is 6.54 Å². The van der Waals surface area contributed by atoms with E-state index in [0.29, 0.717) is 18.4 Å². The summed E-state index contributed by atoms with van der Waals surface area (Å²) in [5.41, 5.74) is 0. The molecule has 3 aliphatic rings. The van der Waals surface area contributed by atoms with Crippen molar-refractivity contribution in [3.05, 3.63) is 0 Å². The number of amides is 2. The number of piperidine rings is 1. The van der Waals surface area contributed by atoms with Gasteiger partial charge in [0.25, 0.3) is 0 Å². The number of carbonyl (C=O) groups is 2. The summed E-state index contributed by atoms with van der Waals surface area (Å²) in [4.78, 5) is 26.4. The van der Waals surface area contributed by atoms with Gasteiger partial charge >= 0.3 is 0 Å². The first-order valence-electron chi connectivity index (χ1n) is 8.26. The molecule has 3 unspecified atom stereocenters. The SMILES string of the molecule is CCC1CC2C(=O)N(CCC3CCCNC3)C(=O)C2C1. The fourth-order valence-corrected chi connectivity index (χ4v) is 4.23. The molecule has 112 valence electrons. The summed E-state index contributed by atoms with van der Waals surface area (Å²) in [6.07, 6.45) is 6.40. The molecule has 2 aliphatic heterocycles. The highest BCUT2D eigenvalue weighted by atomic mass is 16.2. The summed E-state index contributed by atoms with van der Waals surface area (Å²) >= 11 is 0. The maximum atomic E-state index is 12.4. The van der Waals surface area contributed by atoms with E-state index < -0.39 is 0 Å². The predicted molar refractivity (Wildman–Crippen MR) is 76.9 cm³/mol. The summed E-state index contributed by atoms with van der Waals surface area (Å²) in [5.74, 6) is 1.49. The zero-order valence-corrected chi connectivity index (χ0v) is 12.4. The van der Waals surface area contributed by atoms with E-state index in [-0.39, 0.29) is 23.7 Å². The smallest absolute Gasteiger partial charge is 0.233 e. The zero-order valence-electron chi connectivity index (χ0n) is 12.4. The third kappa shape index (κ3) is 2.50. The largest absolute Gasteiger partial charge is 0.316 e. The molecule has 2 amide bonds. The third-order valence-electron chi connectivity index (χ3n) is 5.56. The van der Waals surface area contributed by atoms with E-state index in [0.717, 1.165) is 38.8 Å². The molecule has 3 fully saturated rings. The molecule has 3 rings (SSSR count). The molecule has 0 aromatic carbocycles. The van der Waals surface area contributed by atoms with Crippen LogP contribution in [0.25, 0.3) is 0 Å². The van der Waals surface area contributed by atoms with Crippen LogP contribution >= 0.6 is 0 Å². The number of nitrogens with zero attached hydrogens (tertiary/aromatic N) is 1. The molecule has 3 atom stereocenters. The molecule has 4 nitrogen and oxygen atoms in total. The molecule has 0 radical (unpaired) electrons. The number of likely N-dealkylation sites (tertiary alicyclic amines) is 1. The highest BCUT2D eigenvalue weighted by Crippen LogP contribution is 2.44. The maximum Gasteiger partial charge on any atom is 0.233 e. The molecule has 0 aromatic heterocycles. The van der Waals surface area contributed by atoms with Gasteiger partial charge in [-0.05, 0) is 57.0 Å². The number of carbonyl (C=O) groups excluding carboxylic acids is 2. The van der Waals surface area contributed by atoms with Gasteiger partial charge in [-0.1, -0.05) is 13.3 Å². The van der Waals surface area contributed by atoms with Gasteiger partial charge in [0.05, 0.1) is 11.8 Å². The lowest BCUT2D eigenvalue weighted by atomic mass is 9.96. The van der Waals surface area contributed by atoms with E-state index in [1.54, 1.807) is 4.90 Å². The molecule has 0 spiro atoms. The van der Waals surface area contributed by atoms with E-state index in [2.05, 4.69) is 12.2 Å². The summed E-state index contributed by atoms with van der Waals surface area (Å²) in [7, 11) is 0. The van der Waals surface area contributed by atoms with Gasteiger partial charge < -0.3 is 5.32 Å². The monoisotopic (exact) mass is 278 g/mol. The van der Waals surface area contributed by atoms with Crippen molar-refractivity contribution in [2.24, 2.45) is 23.7 Å². The molecule has 1 aliphatic carbocycles. The average Bonchev–Trinajstić information content (AvgIpc) is 3.00. The Morgan fingerprint density at radius 1 is 1.15 bits per heavy atom. The highest BCUT2D eigenvalue weighted by molar-refractivity contribution is 6.05. The Morgan fingerprint density at radius 3 is 2.40 bits per heavy atom. The number of rotatable bonds is 4. The first-order chi connectivity index (χ1) is 9.70. The second kappa shape index (κ2) is 5.84. The minimum Gasteiger partial charge on any atom is -0.316 e. The summed E-state index contributed by atoms with van der Waals surface area (Å²) in [6.45, 7) is 4.96. The Hall–Kier alpha value is -0.900. The van der Waals surface area contributed by atoms with Crippen LogP contribution in [0.15, 0.2) is 0 Å². The van der Waals surface area contributed by atoms with Crippen LogP contribution in [0, 0.1) is 23.7 Å². The van der Waals surface area contributed by atoms with Gasteiger partial charge in [-0.15, -0.1) is 0 Å². The van der Waals surface area contributed by atoms with Crippen LogP contribution in [-0.2, 0) is 9.59 Å². The number of hydrogen-bond acceptors (Lipinski definition) is 3. The summed E-state index contributed by atoms with van der Waals surface area (Å²) in [6, 6.07) is 0. The van der Waals surface area contributed by atoms with Crippen LogP contribution in [0.4, 0.5) is 0 Å². The summed E-state index contributed by atoms with van der Waals surface area (Å²) < 4.78 is 0. The van der Waals surface area contributed by atoms with Crippen LogP contribution in [-0.4, -0.2) is 36.3 Å². The molecular formula is C16H26N2O2. The lowest BCUT2D eigenvalue weighted by Crippen LogP contribution is -2.36. The Morgan fingerprint density at radius 2 is 1.85 bits per heavy atom. The van der Waals surface area contributed by atoms with Crippen molar-refractivity contribution in [1.82, 2.24) is 10.2 Å². The minimum atomic E-state index is 0.0110. The Labute approximate surface area is 121 Å². The van der Waals surface area contributed by atoms with Crippen LogP contribution in [0.3, 0.4) is 0 Å². The topological polar surface area (TPSA) is 49.4 Å². The minimum absolute atomic E-state index is 0.0110. The van der Waals surface area contributed by atoms with E-state index in [1.165, 1.54) is 12.8 Å². The van der Waals surface area contributed by atoms with Crippen LogP contribution in [0.2, 0.25) is 0 Å². The fraction of sp³-hybridized carbons (Fsp3) is 0.875. The lowest BCUT2D eigenvalue weighted by Gasteiger charge is -2.25. The molecule has 0 bridgehead atoms. The van der Waals surface area contributed by atoms with Gasteiger partial charge in [0.2, 0.25) is 11.8 Å². The van der Waals surface area contributed by atoms with Gasteiger partial charge in [-0.2, -0.15) is 0 Å². The normalized spacial score (nSPS) is 37.5. The van der Waals surface area contributed by atoms with E-state index >= 15 is 0 Å². The lowest BCUT2D eigenvalue weighted by molar-refractivity contribution is -0.140. The molecule has 0 aromatic rings. The first kappa shape index (κ1) is 14.1. The fourth-order valence-electron chi connectivity index (χ4n) is 4.23. The average molecular weight is 278 g/mol. The Bertz CT molecular complexity index is 366. The molecule has 4 heteroatoms. The van der Waals surface area contributed by atoms with E-state index in [1.807, 2.05) is 0 Å². The number of fused-ring (bicyclic) bond motifs is 1. The molecule has 2 heterocycles. The van der Waals surface area contributed by atoms with Crippen molar-refractivity contribution >= 4 is 11.8 Å². The molecule has 1 saturated carbocycles. The maximum absolute atomic E-state index is 12.4. The van der Waals surface area contributed by atoms with Crippen LogP contribution in [0.1, 0.15) is 45.4 Å². The molecule has 2 saturated heterocycles. The number of nitrogens with one attached hydrogen (secondary N) is 1. The van der Waals surface area contributed by atoms with Gasteiger partial charge in [-0.25, -0.2) is 0 Å². The van der Waals surface area contributed by atoms with Crippen molar-refractivity contribution < 1.29 is 9.59 Å². The standard InChI is InChI=1S/C16H26N2O2/c1-2-11-8-13-14(9-11)16(20)18(15(13)19)7-5-12-4-3-6-17-10-12/h11-14,17H,2-10H2,1H3. The number of hydrogen-bond donors (Lipinski definition) is 1. The van der Waals surface area contributed by atoms with Crippen molar-refractivity contribution in [2.75, 3.05) is 19.6 Å². The highest BCUT2D eigenvalue weighted by Gasteiger charge is 2.51.